The highest BCUT2D eigenvalue weighted by Gasteiger charge is 2.50. The minimum Gasteiger partial charge on any atom is -0.492 e. The van der Waals surface area contributed by atoms with Gasteiger partial charge in [0.1, 0.15) is 12.4 Å². The van der Waals surface area contributed by atoms with Crippen LogP contribution in [0.5, 0.6) is 5.75 Å². The van der Waals surface area contributed by atoms with Gasteiger partial charge in [-0.3, -0.25) is 4.79 Å². The molecule has 2 bridgehead atoms. The third-order valence-corrected chi connectivity index (χ3v) is 7.18. The van der Waals surface area contributed by atoms with Gasteiger partial charge in [-0.2, -0.15) is 0 Å². The molecular formula is C23H33NO4. The van der Waals surface area contributed by atoms with Gasteiger partial charge in [0.2, 0.25) is 5.91 Å². The third kappa shape index (κ3) is 3.79. The van der Waals surface area contributed by atoms with Crippen molar-refractivity contribution in [3.63, 3.8) is 0 Å². The highest BCUT2D eigenvalue weighted by Crippen LogP contribution is 2.53. The van der Waals surface area contributed by atoms with Crippen LogP contribution in [0.2, 0.25) is 0 Å². The summed E-state index contributed by atoms with van der Waals surface area (Å²) >= 11 is 0. The van der Waals surface area contributed by atoms with Crippen molar-refractivity contribution in [1.29, 1.82) is 0 Å². The summed E-state index contributed by atoms with van der Waals surface area (Å²) in [4.78, 5) is 13.5. The lowest BCUT2D eigenvalue weighted by atomic mass is 9.63. The fourth-order valence-electron chi connectivity index (χ4n) is 5.19. The van der Waals surface area contributed by atoms with Crippen LogP contribution in [-0.2, 0) is 9.53 Å². The average molecular weight is 388 g/mol. The quantitative estimate of drug-likeness (QED) is 0.839. The van der Waals surface area contributed by atoms with Crippen molar-refractivity contribution in [3.8, 4) is 5.75 Å². The Morgan fingerprint density at radius 3 is 2.68 bits per heavy atom. The second-order valence-electron chi connectivity index (χ2n) is 9.30. The van der Waals surface area contributed by atoms with Gasteiger partial charge >= 0.3 is 0 Å². The zero-order valence-corrected chi connectivity index (χ0v) is 17.3. The van der Waals surface area contributed by atoms with Gasteiger partial charge in [-0.05, 0) is 68.6 Å². The summed E-state index contributed by atoms with van der Waals surface area (Å²) in [5.41, 5.74) is 0.930. The van der Waals surface area contributed by atoms with Crippen LogP contribution in [0.25, 0.3) is 0 Å². The molecule has 1 aromatic rings. The van der Waals surface area contributed by atoms with Crippen LogP contribution in [0.15, 0.2) is 24.3 Å². The van der Waals surface area contributed by atoms with Crippen LogP contribution >= 0.6 is 0 Å². The maximum Gasteiger partial charge on any atom is 0.222 e. The van der Waals surface area contributed by atoms with E-state index in [1.807, 2.05) is 17.0 Å². The summed E-state index contributed by atoms with van der Waals surface area (Å²) < 4.78 is 12.4. The zero-order valence-electron chi connectivity index (χ0n) is 17.3. The molecular weight excluding hydrogens is 354 g/mol. The molecule has 1 amide bonds. The number of aliphatic hydroxyl groups is 1. The molecule has 1 saturated carbocycles. The average Bonchev–Trinajstić information content (AvgIpc) is 3.07. The largest absolute Gasteiger partial charge is 0.492 e. The lowest BCUT2D eigenvalue weighted by molar-refractivity contribution is -0.215. The van der Waals surface area contributed by atoms with Crippen molar-refractivity contribution < 1.29 is 19.4 Å². The number of ether oxygens (including phenoxy) is 2. The smallest absolute Gasteiger partial charge is 0.222 e. The Kier molecular flexibility index (Phi) is 5.41. The molecule has 5 heteroatoms. The van der Waals surface area contributed by atoms with E-state index in [1.165, 1.54) is 0 Å². The van der Waals surface area contributed by atoms with Crippen LogP contribution in [0.3, 0.4) is 0 Å². The SMILES string of the molecule is C[C@H]1C2CC(C[C@@H]1O)C(C)(C)O[C@H]2c1ccc(OCCN2CCCC2=O)cc1. The molecule has 4 rings (SSSR count). The van der Waals surface area contributed by atoms with Crippen LogP contribution in [-0.4, -0.2) is 47.3 Å². The van der Waals surface area contributed by atoms with Crippen molar-refractivity contribution in [2.45, 2.75) is 64.3 Å². The maximum atomic E-state index is 11.7. The number of amides is 1. The Labute approximate surface area is 168 Å². The number of hydrogen-bond acceptors (Lipinski definition) is 4. The molecule has 3 aliphatic rings. The third-order valence-electron chi connectivity index (χ3n) is 7.18. The van der Waals surface area contributed by atoms with E-state index in [1.54, 1.807) is 0 Å². The molecule has 0 radical (unpaired) electrons. The summed E-state index contributed by atoms with van der Waals surface area (Å²) in [7, 11) is 0. The molecule has 0 spiro atoms. The Hall–Kier alpha value is -1.59. The summed E-state index contributed by atoms with van der Waals surface area (Å²) in [6, 6.07) is 8.16. The van der Waals surface area contributed by atoms with Gasteiger partial charge in [0.05, 0.1) is 24.4 Å². The van der Waals surface area contributed by atoms with E-state index < -0.39 is 0 Å². The molecule has 154 valence electrons. The normalized spacial score (nSPS) is 34.5. The number of hydrogen-bond donors (Lipinski definition) is 1. The monoisotopic (exact) mass is 387 g/mol. The lowest BCUT2D eigenvalue weighted by Gasteiger charge is -2.53. The molecule has 1 aromatic carbocycles. The number of likely N-dealkylation sites (tertiary alicyclic amines) is 1. The number of carbonyl (C=O) groups is 1. The van der Waals surface area contributed by atoms with Crippen LogP contribution in [0, 0.1) is 17.8 Å². The van der Waals surface area contributed by atoms with Gasteiger partial charge in [-0.25, -0.2) is 0 Å². The molecule has 2 aliphatic heterocycles. The van der Waals surface area contributed by atoms with Crippen LogP contribution < -0.4 is 4.74 Å². The highest BCUT2D eigenvalue weighted by atomic mass is 16.5. The minimum absolute atomic E-state index is 0.00692. The second kappa shape index (κ2) is 7.68. The highest BCUT2D eigenvalue weighted by molar-refractivity contribution is 5.78. The first kappa shape index (κ1) is 19.7. The van der Waals surface area contributed by atoms with Crippen LogP contribution in [0.1, 0.15) is 58.1 Å². The van der Waals surface area contributed by atoms with Gasteiger partial charge < -0.3 is 19.5 Å². The van der Waals surface area contributed by atoms with Crippen molar-refractivity contribution in [2.75, 3.05) is 19.7 Å². The number of benzene rings is 1. The van der Waals surface area contributed by atoms with Crippen molar-refractivity contribution in [3.05, 3.63) is 29.8 Å². The lowest BCUT2D eigenvalue weighted by Crippen LogP contribution is -2.52. The van der Waals surface area contributed by atoms with Crippen molar-refractivity contribution in [2.24, 2.45) is 17.8 Å². The number of fused-ring (bicyclic) bond motifs is 2. The Bertz CT molecular complexity index is 701. The second-order valence-corrected chi connectivity index (χ2v) is 9.30. The first-order valence-electron chi connectivity index (χ1n) is 10.7. The zero-order chi connectivity index (χ0) is 19.9. The number of aliphatic hydroxyl groups excluding tert-OH is 1. The van der Waals surface area contributed by atoms with Gasteiger partial charge in [-0.15, -0.1) is 0 Å². The molecule has 3 fully saturated rings. The van der Waals surface area contributed by atoms with Gasteiger partial charge in [0, 0.05) is 13.0 Å². The van der Waals surface area contributed by atoms with Crippen molar-refractivity contribution >= 4 is 5.91 Å². The maximum absolute atomic E-state index is 11.7. The Morgan fingerprint density at radius 2 is 2.00 bits per heavy atom. The predicted molar refractivity (Wildman–Crippen MR) is 107 cm³/mol. The fourth-order valence-corrected chi connectivity index (χ4v) is 5.19. The van der Waals surface area contributed by atoms with E-state index in [-0.39, 0.29) is 29.6 Å². The number of nitrogens with zero attached hydrogens (tertiary/aromatic N) is 1. The first-order chi connectivity index (χ1) is 13.3. The summed E-state index contributed by atoms with van der Waals surface area (Å²) in [6.45, 7) is 8.48. The molecule has 2 heterocycles. The predicted octanol–water partition coefficient (Wildman–Crippen LogP) is 3.56. The van der Waals surface area contributed by atoms with E-state index in [0.29, 0.717) is 31.4 Å². The molecule has 28 heavy (non-hydrogen) atoms. The van der Waals surface area contributed by atoms with E-state index in [9.17, 15) is 9.90 Å². The van der Waals surface area contributed by atoms with Gasteiger partial charge in [-0.1, -0.05) is 19.1 Å². The summed E-state index contributed by atoms with van der Waals surface area (Å²) in [6.07, 6.45) is 3.33. The number of carbonyl (C=O) groups excluding carboxylic acids is 1. The van der Waals surface area contributed by atoms with E-state index in [4.69, 9.17) is 9.47 Å². The topological polar surface area (TPSA) is 59.0 Å². The molecule has 1 N–H and O–H groups in total. The molecule has 2 saturated heterocycles. The first-order valence-corrected chi connectivity index (χ1v) is 10.7. The fraction of sp³-hybridized carbons (Fsp3) is 0.696. The van der Waals surface area contributed by atoms with Gasteiger partial charge in [0.25, 0.3) is 0 Å². The number of rotatable bonds is 5. The van der Waals surface area contributed by atoms with E-state index in [0.717, 1.165) is 37.1 Å². The van der Waals surface area contributed by atoms with Crippen molar-refractivity contribution in [1.82, 2.24) is 4.90 Å². The standard InChI is InChI=1S/C23H33NO4/c1-15-19-13-17(14-20(15)25)23(2,3)28-22(19)16-6-8-18(9-7-16)27-12-11-24-10-4-5-21(24)26/h6-9,15,17,19-20,22,25H,4-5,10-14H2,1-3H3/t15-,17?,19?,20-,22-/m0/s1. The Balaban J connectivity index is 1.40. The molecule has 0 aromatic heterocycles. The molecule has 5 nitrogen and oxygen atoms in total. The molecule has 5 atom stereocenters. The van der Waals surface area contributed by atoms with Crippen LogP contribution in [0.4, 0.5) is 0 Å². The minimum atomic E-state index is -0.245. The summed E-state index contributed by atoms with van der Waals surface area (Å²) in [5, 5.41) is 10.5. The molecule has 1 aliphatic carbocycles. The van der Waals surface area contributed by atoms with Gasteiger partial charge in [0.15, 0.2) is 0 Å². The Morgan fingerprint density at radius 1 is 1.25 bits per heavy atom. The van der Waals surface area contributed by atoms with E-state index in [2.05, 4.69) is 32.9 Å². The molecule has 2 unspecified atom stereocenters. The van der Waals surface area contributed by atoms with E-state index >= 15 is 0 Å². The summed E-state index contributed by atoms with van der Waals surface area (Å²) in [5.74, 6) is 2.05.